The summed E-state index contributed by atoms with van der Waals surface area (Å²) in [5, 5.41) is 2.35. The summed E-state index contributed by atoms with van der Waals surface area (Å²) in [6.07, 6.45) is 1.60. The molecule has 3 rings (SSSR count). The van der Waals surface area contributed by atoms with Crippen molar-refractivity contribution in [2.24, 2.45) is 0 Å². The highest BCUT2D eigenvalue weighted by Crippen LogP contribution is 2.40. The van der Waals surface area contributed by atoms with Crippen LogP contribution < -0.4 is 19.5 Å². The maximum absolute atomic E-state index is 12.8. The molecule has 0 aromatic heterocycles. The Morgan fingerprint density at radius 2 is 1.75 bits per heavy atom. The molecular weight excluding hydrogens is 432 g/mol. The average Bonchev–Trinajstić information content (AvgIpc) is 3.05. The fourth-order valence-electron chi connectivity index (χ4n) is 3.20. The van der Waals surface area contributed by atoms with Gasteiger partial charge in [0, 0.05) is 18.7 Å². The van der Waals surface area contributed by atoms with Crippen LogP contribution in [0.1, 0.15) is 21.5 Å². The van der Waals surface area contributed by atoms with Crippen molar-refractivity contribution in [3.63, 3.8) is 0 Å². The fourth-order valence-corrected chi connectivity index (χ4v) is 4.06. The number of rotatable bonds is 8. The first-order valence-corrected chi connectivity index (χ1v) is 10.6. The number of ether oxygens (including phenoxy) is 3. The van der Waals surface area contributed by atoms with Crippen LogP contribution in [0.25, 0.3) is 6.08 Å². The molecule has 1 aliphatic rings. The lowest BCUT2D eigenvalue weighted by atomic mass is 10.1. The Balaban J connectivity index is 1.69. The van der Waals surface area contributed by atoms with E-state index in [2.05, 4.69) is 5.32 Å². The Morgan fingerprint density at radius 3 is 2.34 bits per heavy atom. The van der Waals surface area contributed by atoms with Crippen LogP contribution in [0.5, 0.6) is 17.2 Å². The maximum Gasteiger partial charge on any atom is 0.293 e. The normalized spacial score (nSPS) is 14.6. The molecule has 0 spiro atoms. The van der Waals surface area contributed by atoms with Gasteiger partial charge in [-0.25, -0.2) is 0 Å². The molecular formula is C23H24N2O6S. The second-order valence-corrected chi connectivity index (χ2v) is 7.91. The first-order valence-electron chi connectivity index (χ1n) is 9.78. The van der Waals surface area contributed by atoms with Gasteiger partial charge in [0.2, 0.25) is 5.75 Å². The molecule has 168 valence electrons. The average molecular weight is 457 g/mol. The van der Waals surface area contributed by atoms with Gasteiger partial charge in [-0.1, -0.05) is 17.7 Å². The van der Waals surface area contributed by atoms with Crippen molar-refractivity contribution in [2.45, 2.75) is 6.92 Å². The molecule has 0 aliphatic carbocycles. The zero-order chi connectivity index (χ0) is 23.3. The topological polar surface area (TPSA) is 94.2 Å². The lowest BCUT2D eigenvalue weighted by Gasteiger charge is -2.13. The van der Waals surface area contributed by atoms with Crippen molar-refractivity contribution < 1.29 is 28.6 Å². The van der Waals surface area contributed by atoms with E-state index in [-0.39, 0.29) is 23.9 Å². The third kappa shape index (κ3) is 5.05. The summed E-state index contributed by atoms with van der Waals surface area (Å²) in [6.45, 7) is 2.13. The quantitative estimate of drug-likeness (QED) is 0.608. The van der Waals surface area contributed by atoms with Crippen molar-refractivity contribution in [3.05, 3.63) is 58.0 Å². The van der Waals surface area contributed by atoms with Gasteiger partial charge in [0.25, 0.3) is 17.1 Å². The summed E-state index contributed by atoms with van der Waals surface area (Å²) in [5.74, 6) is 0.643. The van der Waals surface area contributed by atoms with Crippen LogP contribution in [0, 0.1) is 6.92 Å². The number of hydrogen-bond donors (Lipinski definition) is 1. The predicted molar refractivity (Wildman–Crippen MR) is 122 cm³/mol. The second-order valence-electron chi connectivity index (χ2n) is 6.92. The summed E-state index contributed by atoms with van der Waals surface area (Å²) in [4.78, 5) is 38.8. The standard InChI is InChI=1S/C23H24N2O6S/c1-14-6-5-7-16(10-14)21(26)24-8-9-25-22(27)19(32-23(25)28)13-15-11-17(29-2)20(31-4)18(12-15)30-3/h5-7,10-13H,8-9H2,1-4H3,(H,24,26)/b19-13-. The number of amides is 3. The first-order chi connectivity index (χ1) is 15.4. The summed E-state index contributed by atoms with van der Waals surface area (Å²) in [6, 6.07) is 10.6. The molecule has 0 unspecified atom stereocenters. The van der Waals surface area contributed by atoms with Crippen molar-refractivity contribution >= 4 is 34.9 Å². The van der Waals surface area contributed by atoms with Gasteiger partial charge in [0.05, 0.1) is 26.2 Å². The van der Waals surface area contributed by atoms with Crippen LogP contribution in [0.15, 0.2) is 41.3 Å². The highest BCUT2D eigenvalue weighted by atomic mass is 32.2. The Bertz CT molecular complexity index is 1060. The SMILES string of the molecule is COc1cc(/C=C2\SC(=O)N(CCNC(=O)c3cccc(C)c3)C2=O)cc(OC)c1OC. The van der Waals surface area contributed by atoms with Gasteiger partial charge < -0.3 is 19.5 Å². The number of thioether (sulfide) groups is 1. The molecule has 1 saturated heterocycles. The number of carbonyl (C=O) groups excluding carboxylic acids is 3. The van der Waals surface area contributed by atoms with Gasteiger partial charge in [-0.3, -0.25) is 19.3 Å². The van der Waals surface area contributed by atoms with E-state index in [1.807, 2.05) is 13.0 Å². The van der Waals surface area contributed by atoms with Crippen molar-refractivity contribution in [2.75, 3.05) is 34.4 Å². The minimum Gasteiger partial charge on any atom is -0.493 e. The van der Waals surface area contributed by atoms with Crippen LogP contribution in [0.3, 0.4) is 0 Å². The van der Waals surface area contributed by atoms with Crippen LogP contribution >= 0.6 is 11.8 Å². The summed E-state index contributed by atoms with van der Waals surface area (Å²) in [7, 11) is 4.50. The van der Waals surface area contributed by atoms with Crippen LogP contribution in [-0.4, -0.2) is 56.4 Å². The minimum absolute atomic E-state index is 0.0782. The lowest BCUT2D eigenvalue weighted by molar-refractivity contribution is -0.122. The molecule has 1 aliphatic heterocycles. The van der Waals surface area contributed by atoms with Gasteiger partial charge >= 0.3 is 0 Å². The van der Waals surface area contributed by atoms with Crippen molar-refractivity contribution in [1.29, 1.82) is 0 Å². The smallest absolute Gasteiger partial charge is 0.293 e. The molecule has 0 atom stereocenters. The van der Waals surface area contributed by atoms with Crippen molar-refractivity contribution in [3.8, 4) is 17.2 Å². The van der Waals surface area contributed by atoms with E-state index in [0.717, 1.165) is 22.2 Å². The summed E-state index contributed by atoms with van der Waals surface area (Å²) >= 11 is 0.844. The number of hydrogen-bond acceptors (Lipinski definition) is 7. The van der Waals surface area contributed by atoms with Gasteiger partial charge in [-0.15, -0.1) is 0 Å². The molecule has 1 N–H and O–H groups in total. The molecule has 1 fully saturated rings. The molecule has 0 bridgehead atoms. The molecule has 8 nitrogen and oxygen atoms in total. The minimum atomic E-state index is -0.418. The molecule has 0 radical (unpaired) electrons. The van der Waals surface area contributed by atoms with E-state index in [1.54, 1.807) is 36.4 Å². The van der Waals surface area contributed by atoms with E-state index < -0.39 is 11.1 Å². The van der Waals surface area contributed by atoms with Gasteiger partial charge in [-0.2, -0.15) is 0 Å². The molecule has 32 heavy (non-hydrogen) atoms. The van der Waals surface area contributed by atoms with E-state index in [0.29, 0.717) is 28.4 Å². The largest absolute Gasteiger partial charge is 0.493 e. The predicted octanol–water partition coefficient (Wildman–Crippen LogP) is 3.49. The number of nitrogens with one attached hydrogen (secondary N) is 1. The van der Waals surface area contributed by atoms with Gasteiger partial charge in [0.15, 0.2) is 11.5 Å². The summed E-state index contributed by atoms with van der Waals surface area (Å²) < 4.78 is 16.0. The van der Waals surface area contributed by atoms with Gasteiger partial charge in [-0.05, 0) is 54.6 Å². The van der Waals surface area contributed by atoms with E-state index in [4.69, 9.17) is 14.2 Å². The Morgan fingerprint density at radius 1 is 1.06 bits per heavy atom. The lowest BCUT2D eigenvalue weighted by Crippen LogP contribution is -2.37. The second kappa shape index (κ2) is 10.2. The van der Waals surface area contributed by atoms with Crippen LogP contribution in [-0.2, 0) is 4.79 Å². The Labute approximate surface area is 190 Å². The third-order valence-corrected chi connectivity index (χ3v) is 5.67. The molecule has 9 heteroatoms. The molecule has 2 aromatic carbocycles. The van der Waals surface area contributed by atoms with Crippen LogP contribution in [0.2, 0.25) is 0 Å². The third-order valence-electron chi connectivity index (χ3n) is 4.76. The zero-order valence-electron chi connectivity index (χ0n) is 18.3. The molecule has 3 amide bonds. The molecule has 2 aromatic rings. The number of benzene rings is 2. The number of methoxy groups -OCH3 is 3. The van der Waals surface area contributed by atoms with E-state index in [9.17, 15) is 14.4 Å². The molecule has 0 saturated carbocycles. The van der Waals surface area contributed by atoms with Gasteiger partial charge in [0.1, 0.15) is 0 Å². The van der Waals surface area contributed by atoms with E-state index >= 15 is 0 Å². The molecule has 1 heterocycles. The summed E-state index contributed by atoms with van der Waals surface area (Å²) in [5.41, 5.74) is 2.12. The van der Waals surface area contributed by atoms with Crippen molar-refractivity contribution in [1.82, 2.24) is 10.2 Å². The maximum atomic E-state index is 12.8. The number of carbonyl (C=O) groups is 3. The Kier molecular flexibility index (Phi) is 7.42. The zero-order valence-corrected chi connectivity index (χ0v) is 19.1. The monoisotopic (exact) mass is 456 g/mol. The van der Waals surface area contributed by atoms with E-state index in [1.165, 1.54) is 21.3 Å². The Hall–Kier alpha value is -3.46. The number of aryl methyl sites for hydroxylation is 1. The fraction of sp³-hybridized carbons (Fsp3) is 0.261. The number of nitrogens with zero attached hydrogens (tertiary/aromatic N) is 1. The van der Waals surface area contributed by atoms with Crippen LogP contribution in [0.4, 0.5) is 4.79 Å². The highest BCUT2D eigenvalue weighted by molar-refractivity contribution is 8.18. The first kappa shape index (κ1) is 23.2. The number of imide groups is 1. The highest BCUT2D eigenvalue weighted by Gasteiger charge is 2.34.